The molecule has 1 rings (SSSR count). The van der Waals surface area contributed by atoms with E-state index in [1.54, 1.807) is 0 Å². The van der Waals surface area contributed by atoms with Gasteiger partial charge in [-0.3, -0.25) is 0 Å². The summed E-state index contributed by atoms with van der Waals surface area (Å²) in [6, 6.07) is 1.06. The fraction of sp³-hybridized carbons (Fsp3) is 0.333. The van der Waals surface area contributed by atoms with Crippen molar-refractivity contribution in [3.63, 3.8) is 0 Å². The maximum absolute atomic E-state index is 12.2. The van der Waals surface area contributed by atoms with Crippen molar-refractivity contribution in [1.29, 1.82) is 0 Å². The number of hydrogen-bond donors (Lipinski definition) is 0. The molecule has 12 heavy (non-hydrogen) atoms. The van der Waals surface area contributed by atoms with E-state index in [4.69, 9.17) is 23.2 Å². The first-order chi connectivity index (χ1) is 5.34. The van der Waals surface area contributed by atoms with Crippen molar-refractivity contribution in [2.45, 2.75) is 6.18 Å². The van der Waals surface area contributed by atoms with Crippen LogP contribution in [0.1, 0.15) is 5.69 Å². The van der Waals surface area contributed by atoms with Crippen LogP contribution in [0, 0.1) is 0 Å². The van der Waals surface area contributed by atoms with Crippen molar-refractivity contribution in [3.8, 4) is 0 Å². The predicted molar refractivity (Wildman–Crippen MR) is 40.4 cm³/mol. The zero-order chi connectivity index (χ0) is 9.52. The zero-order valence-electron chi connectivity index (χ0n) is 5.91. The molecule has 0 saturated heterocycles. The lowest BCUT2D eigenvalue weighted by molar-refractivity contribution is -0.142. The minimum absolute atomic E-state index is 0.0349. The van der Waals surface area contributed by atoms with Gasteiger partial charge in [0.2, 0.25) is 0 Å². The summed E-state index contributed by atoms with van der Waals surface area (Å²) in [5, 5.41) is -0.415. The van der Waals surface area contributed by atoms with Gasteiger partial charge in [-0.05, 0) is 6.07 Å². The van der Waals surface area contributed by atoms with Gasteiger partial charge in [0.15, 0.2) is 0 Å². The average Bonchev–Trinajstić information content (AvgIpc) is 2.05. The standard InChI is InChI=1S/C6H4Cl2F3N/c1-12-4(8)2-3(7)5(12)6(9,10)11/h2H,1H3. The number of rotatable bonds is 0. The Morgan fingerprint density at radius 3 is 2.00 bits per heavy atom. The average molecular weight is 218 g/mol. The number of aromatic nitrogens is 1. The fourth-order valence-electron chi connectivity index (χ4n) is 0.862. The molecule has 0 saturated carbocycles. The lowest BCUT2D eigenvalue weighted by Crippen LogP contribution is -2.11. The second kappa shape index (κ2) is 2.85. The Bertz CT molecular complexity index is 302. The minimum atomic E-state index is -4.46. The molecule has 6 heteroatoms. The second-order valence-electron chi connectivity index (χ2n) is 2.22. The lowest BCUT2D eigenvalue weighted by Gasteiger charge is -2.08. The van der Waals surface area contributed by atoms with Gasteiger partial charge in [-0.1, -0.05) is 23.2 Å². The number of alkyl halides is 3. The molecule has 1 nitrogen and oxygen atoms in total. The Labute approximate surface area is 76.7 Å². The Hall–Kier alpha value is -0.350. The SMILES string of the molecule is Cn1c(Cl)cc(Cl)c1C(F)(F)F. The van der Waals surface area contributed by atoms with E-state index < -0.39 is 11.9 Å². The van der Waals surface area contributed by atoms with E-state index in [2.05, 4.69) is 0 Å². The van der Waals surface area contributed by atoms with E-state index >= 15 is 0 Å². The van der Waals surface area contributed by atoms with Crippen molar-refractivity contribution < 1.29 is 13.2 Å². The van der Waals surface area contributed by atoms with Crippen LogP contribution in [-0.4, -0.2) is 4.57 Å². The molecule has 0 unspecified atom stereocenters. The summed E-state index contributed by atoms with van der Waals surface area (Å²) in [7, 11) is 1.21. The topological polar surface area (TPSA) is 4.93 Å². The summed E-state index contributed by atoms with van der Waals surface area (Å²) in [4.78, 5) is 0. The highest BCUT2D eigenvalue weighted by Gasteiger charge is 2.37. The first-order valence-electron chi connectivity index (χ1n) is 2.92. The summed E-state index contributed by atoms with van der Waals surface area (Å²) >= 11 is 10.7. The van der Waals surface area contributed by atoms with Gasteiger partial charge in [0.25, 0.3) is 0 Å². The molecule has 0 atom stereocenters. The van der Waals surface area contributed by atoms with Crippen LogP contribution in [0.2, 0.25) is 10.2 Å². The normalized spacial score (nSPS) is 12.2. The van der Waals surface area contributed by atoms with E-state index in [0.29, 0.717) is 0 Å². The van der Waals surface area contributed by atoms with Crippen LogP contribution in [0.25, 0.3) is 0 Å². The summed E-state index contributed by atoms with van der Waals surface area (Å²) in [6.07, 6.45) is -4.46. The van der Waals surface area contributed by atoms with Crippen LogP contribution in [0.4, 0.5) is 13.2 Å². The molecule has 0 aliphatic rings. The number of nitrogens with zero attached hydrogens (tertiary/aromatic N) is 1. The van der Waals surface area contributed by atoms with Gasteiger partial charge in [0, 0.05) is 7.05 Å². The van der Waals surface area contributed by atoms with E-state index in [0.717, 1.165) is 10.6 Å². The quantitative estimate of drug-likeness (QED) is 0.629. The van der Waals surface area contributed by atoms with Gasteiger partial charge < -0.3 is 4.57 Å². The lowest BCUT2D eigenvalue weighted by atomic mass is 10.4. The van der Waals surface area contributed by atoms with Crippen molar-refractivity contribution in [1.82, 2.24) is 4.57 Å². The highest BCUT2D eigenvalue weighted by Crippen LogP contribution is 2.37. The van der Waals surface area contributed by atoms with Crippen LogP contribution < -0.4 is 0 Å². The third-order valence-electron chi connectivity index (χ3n) is 1.40. The molecule has 1 aromatic rings. The van der Waals surface area contributed by atoms with E-state index in [9.17, 15) is 13.2 Å². The minimum Gasteiger partial charge on any atom is -0.330 e. The molecule has 0 aliphatic heterocycles. The largest absolute Gasteiger partial charge is 0.432 e. The highest BCUT2D eigenvalue weighted by molar-refractivity contribution is 6.35. The highest BCUT2D eigenvalue weighted by atomic mass is 35.5. The Kier molecular flexibility index (Phi) is 2.31. The van der Waals surface area contributed by atoms with Crippen LogP contribution >= 0.6 is 23.2 Å². The van der Waals surface area contributed by atoms with Crippen LogP contribution in [-0.2, 0) is 13.2 Å². The van der Waals surface area contributed by atoms with E-state index in [1.807, 2.05) is 0 Å². The van der Waals surface area contributed by atoms with Gasteiger partial charge in [-0.25, -0.2) is 0 Å². The van der Waals surface area contributed by atoms with Gasteiger partial charge in [-0.15, -0.1) is 0 Å². The first-order valence-corrected chi connectivity index (χ1v) is 3.67. The molecule has 0 fully saturated rings. The summed E-state index contributed by atoms with van der Waals surface area (Å²) in [5.41, 5.74) is -0.922. The van der Waals surface area contributed by atoms with Crippen LogP contribution in [0.5, 0.6) is 0 Å². The third kappa shape index (κ3) is 1.54. The molecule has 0 N–H and O–H groups in total. The molecule has 1 aromatic heterocycles. The Balaban J connectivity index is 3.32. The van der Waals surface area contributed by atoms with Crippen LogP contribution in [0.3, 0.4) is 0 Å². The zero-order valence-corrected chi connectivity index (χ0v) is 7.43. The van der Waals surface area contributed by atoms with Gasteiger partial charge in [-0.2, -0.15) is 13.2 Å². The predicted octanol–water partition coefficient (Wildman–Crippen LogP) is 3.35. The first kappa shape index (κ1) is 9.74. The summed E-state index contributed by atoms with van der Waals surface area (Å²) < 4.78 is 37.3. The van der Waals surface area contributed by atoms with Gasteiger partial charge in [0.1, 0.15) is 10.8 Å². The number of halogens is 5. The van der Waals surface area contributed by atoms with Crippen molar-refractivity contribution in [3.05, 3.63) is 21.9 Å². The molecule has 0 spiro atoms. The maximum atomic E-state index is 12.2. The monoisotopic (exact) mass is 217 g/mol. The van der Waals surface area contributed by atoms with Gasteiger partial charge >= 0.3 is 6.18 Å². The summed E-state index contributed by atoms with van der Waals surface area (Å²) in [5.74, 6) is 0. The fourth-order valence-corrected chi connectivity index (χ4v) is 1.45. The van der Waals surface area contributed by atoms with Crippen molar-refractivity contribution >= 4 is 23.2 Å². The molecule has 1 heterocycles. The molecule has 68 valence electrons. The smallest absolute Gasteiger partial charge is 0.330 e. The van der Waals surface area contributed by atoms with E-state index in [-0.39, 0.29) is 10.2 Å². The molecule has 0 amide bonds. The second-order valence-corrected chi connectivity index (χ2v) is 3.01. The third-order valence-corrected chi connectivity index (χ3v) is 2.05. The Morgan fingerprint density at radius 2 is 1.83 bits per heavy atom. The summed E-state index contributed by atoms with van der Waals surface area (Å²) in [6.45, 7) is 0. The number of hydrogen-bond acceptors (Lipinski definition) is 0. The molecular formula is C6H4Cl2F3N. The molecule has 0 radical (unpaired) electrons. The van der Waals surface area contributed by atoms with Gasteiger partial charge in [0.05, 0.1) is 5.02 Å². The molecular weight excluding hydrogens is 214 g/mol. The molecule has 0 aliphatic carbocycles. The van der Waals surface area contributed by atoms with Crippen molar-refractivity contribution in [2.75, 3.05) is 0 Å². The molecule has 0 bridgehead atoms. The van der Waals surface area contributed by atoms with Crippen molar-refractivity contribution in [2.24, 2.45) is 7.05 Å². The molecule has 0 aromatic carbocycles. The Morgan fingerprint density at radius 1 is 1.33 bits per heavy atom. The van der Waals surface area contributed by atoms with E-state index in [1.165, 1.54) is 7.05 Å². The maximum Gasteiger partial charge on any atom is 0.432 e. The van der Waals surface area contributed by atoms with Crippen LogP contribution in [0.15, 0.2) is 6.07 Å².